The number of nitrogens with zero attached hydrogens (tertiary/aromatic N) is 6. The number of hydrogen-bond donors (Lipinski definition) is 1. The minimum absolute atomic E-state index is 0.472. The van der Waals surface area contributed by atoms with Gasteiger partial charge in [-0.25, -0.2) is 14.3 Å². The Bertz CT molecular complexity index is 1040. The van der Waals surface area contributed by atoms with E-state index in [2.05, 4.69) is 29.9 Å². The molecule has 1 fully saturated rings. The van der Waals surface area contributed by atoms with Crippen LogP contribution in [0.3, 0.4) is 0 Å². The van der Waals surface area contributed by atoms with Crippen molar-refractivity contribution in [3.05, 3.63) is 36.4 Å². The second kappa shape index (κ2) is 9.04. The Morgan fingerprint density at radius 3 is 2.35 bits per heavy atom. The highest BCUT2D eigenvalue weighted by atomic mass is 19.4. The predicted molar refractivity (Wildman–Crippen MR) is 108 cm³/mol. The van der Waals surface area contributed by atoms with E-state index in [1.165, 1.54) is 0 Å². The third-order valence-electron chi connectivity index (χ3n) is 5.33. The van der Waals surface area contributed by atoms with Crippen LogP contribution in [0.2, 0.25) is 0 Å². The molecule has 1 aliphatic heterocycles. The van der Waals surface area contributed by atoms with Gasteiger partial charge < -0.3 is 10.0 Å². The van der Waals surface area contributed by atoms with Crippen LogP contribution < -0.4 is 0 Å². The molecule has 11 heteroatoms. The number of fused-ring (bicyclic) bond motifs is 1. The van der Waals surface area contributed by atoms with E-state index in [4.69, 9.17) is 20.0 Å². The van der Waals surface area contributed by atoms with Gasteiger partial charge in [0.25, 0.3) is 0 Å². The maximum absolute atomic E-state index is 10.6. The number of carbonyl (C=O) groups is 1. The molecule has 3 aromatic heterocycles. The number of halogens is 3. The third-order valence-corrected chi connectivity index (χ3v) is 5.33. The minimum atomic E-state index is -5.08. The van der Waals surface area contributed by atoms with E-state index in [1.807, 2.05) is 40.8 Å². The van der Waals surface area contributed by atoms with Gasteiger partial charge in [-0.15, -0.1) is 0 Å². The number of aliphatic carboxylic acids is 1. The Balaban J connectivity index is 0.000000339. The molecular weight excluding hydrogens is 413 g/mol. The van der Waals surface area contributed by atoms with Crippen LogP contribution in [-0.4, -0.2) is 65.7 Å². The van der Waals surface area contributed by atoms with E-state index in [0.717, 1.165) is 48.7 Å². The largest absolute Gasteiger partial charge is 0.490 e. The fourth-order valence-corrected chi connectivity index (χ4v) is 3.56. The average Bonchev–Trinajstić information content (AvgIpc) is 3.33. The first-order valence-electron chi connectivity index (χ1n) is 9.95. The molecule has 4 heterocycles. The number of alkyl halides is 3. The van der Waals surface area contributed by atoms with Crippen LogP contribution in [0.15, 0.2) is 30.6 Å². The standard InChI is InChI=1S/C18H24N6.C2HF3O2/c1-13(2)23-10-7-14(8-11-23)18-20-17-5-4-15(12-24(17)21-18)16-6-9-19-22(16)3;3-2(4,5)1(6)7/h4-6,9,12-14H,7-8,10-11H2,1-3H3;(H,6,7). The molecule has 0 bridgehead atoms. The zero-order valence-corrected chi connectivity index (χ0v) is 17.5. The minimum Gasteiger partial charge on any atom is -0.475 e. The van der Waals surface area contributed by atoms with Crippen molar-refractivity contribution in [2.75, 3.05) is 13.1 Å². The number of likely N-dealkylation sites (tertiary alicyclic amines) is 1. The van der Waals surface area contributed by atoms with Crippen LogP contribution >= 0.6 is 0 Å². The van der Waals surface area contributed by atoms with Gasteiger partial charge in [0.2, 0.25) is 0 Å². The van der Waals surface area contributed by atoms with Crippen LogP contribution in [-0.2, 0) is 11.8 Å². The molecule has 3 aromatic rings. The van der Waals surface area contributed by atoms with Crippen molar-refractivity contribution in [1.29, 1.82) is 0 Å². The van der Waals surface area contributed by atoms with E-state index in [1.54, 1.807) is 0 Å². The summed E-state index contributed by atoms with van der Waals surface area (Å²) in [7, 11) is 1.95. The van der Waals surface area contributed by atoms with Gasteiger partial charge in [-0.2, -0.15) is 23.4 Å². The monoisotopic (exact) mass is 438 g/mol. The molecule has 0 aromatic carbocycles. The predicted octanol–water partition coefficient (Wildman–Crippen LogP) is 3.35. The summed E-state index contributed by atoms with van der Waals surface area (Å²) in [6.07, 6.45) is 1.06. The molecule has 4 rings (SSSR count). The van der Waals surface area contributed by atoms with Crippen molar-refractivity contribution in [3.63, 3.8) is 0 Å². The number of aromatic nitrogens is 5. The van der Waals surface area contributed by atoms with Crippen molar-refractivity contribution >= 4 is 11.6 Å². The number of rotatable bonds is 3. The number of piperidine rings is 1. The van der Waals surface area contributed by atoms with Crippen LogP contribution in [0.4, 0.5) is 13.2 Å². The Kier molecular flexibility index (Phi) is 6.63. The van der Waals surface area contributed by atoms with Gasteiger partial charge >= 0.3 is 12.1 Å². The SMILES string of the molecule is CC(C)N1CCC(c2nc3ccc(-c4ccnn4C)cn3n2)CC1.O=C(O)C(F)(F)F. The maximum Gasteiger partial charge on any atom is 0.490 e. The lowest BCUT2D eigenvalue weighted by atomic mass is 9.95. The number of carboxylic acid groups (broad SMARTS) is 1. The molecule has 1 aliphatic rings. The van der Waals surface area contributed by atoms with E-state index in [9.17, 15) is 13.2 Å². The van der Waals surface area contributed by atoms with E-state index in [0.29, 0.717) is 12.0 Å². The zero-order chi connectivity index (χ0) is 22.8. The second-order valence-electron chi connectivity index (χ2n) is 7.74. The Labute approximate surface area is 177 Å². The highest BCUT2D eigenvalue weighted by Crippen LogP contribution is 2.27. The van der Waals surface area contributed by atoms with Crippen molar-refractivity contribution < 1.29 is 23.1 Å². The Hall–Kier alpha value is -2.95. The van der Waals surface area contributed by atoms with E-state index in [-0.39, 0.29) is 0 Å². The highest BCUT2D eigenvalue weighted by Gasteiger charge is 2.38. The van der Waals surface area contributed by atoms with Gasteiger partial charge in [-0.05, 0) is 58.0 Å². The molecule has 0 radical (unpaired) electrons. The van der Waals surface area contributed by atoms with Crippen molar-refractivity contribution in [2.45, 2.75) is 44.8 Å². The molecule has 0 spiro atoms. The number of aryl methyl sites for hydroxylation is 1. The highest BCUT2D eigenvalue weighted by molar-refractivity contribution is 5.73. The molecule has 168 valence electrons. The average molecular weight is 438 g/mol. The molecule has 0 aliphatic carbocycles. The summed E-state index contributed by atoms with van der Waals surface area (Å²) >= 11 is 0. The van der Waals surface area contributed by atoms with Gasteiger partial charge in [0.1, 0.15) is 0 Å². The van der Waals surface area contributed by atoms with E-state index >= 15 is 0 Å². The fraction of sp³-hybridized carbons (Fsp3) is 0.500. The van der Waals surface area contributed by atoms with E-state index < -0.39 is 12.1 Å². The summed E-state index contributed by atoms with van der Waals surface area (Å²) < 4.78 is 35.5. The third kappa shape index (κ3) is 5.40. The van der Waals surface area contributed by atoms with Gasteiger partial charge in [0, 0.05) is 37.0 Å². The van der Waals surface area contributed by atoms with Crippen molar-refractivity contribution in [3.8, 4) is 11.3 Å². The molecule has 0 amide bonds. The first-order valence-corrected chi connectivity index (χ1v) is 9.95. The number of hydrogen-bond acceptors (Lipinski definition) is 5. The first-order chi connectivity index (χ1) is 14.6. The zero-order valence-electron chi connectivity index (χ0n) is 17.5. The summed E-state index contributed by atoms with van der Waals surface area (Å²) in [6.45, 7) is 6.81. The summed E-state index contributed by atoms with van der Waals surface area (Å²) in [5.74, 6) is -1.30. The van der Waals surface area contributed by atoms with Gasteiger partial charge in [-0.3, -0.25) is 4.68 Å². The van der Waals surface area contributed by atoms with Crippen LogP contribution in [0, 0.1) is 0 Å². The Morgan fingerprint density at radius 1 is 1.19 bits per heavy atom. The second-order valence-corrected chi connectivity index (χ2v) is 7.74. The molecule has 0 saturated carbocycles. The first kappa shape index (κ1) is 22.7. The summed E-state index contributed by atoms with van der Waals surface area (Å²) in [5, 5.41) is 16.1. The summed E-state index contributed by atoms with van der Waals surface area (Å²) in [4.78, 5) is 16.2. The molecule has 0 atom stereocenters. The quantitative estimate of drug-likeness (QED) is 0.675. The van der Waals surface area contributed by atoms with Crippen LogP contribution in [0.1, 0.15) is 38.4 Å². The topological polar surface area (TPSA) is 88.5 Å². The molecule has 1 N–H and O–H groups in total. The molecule has 8 nitrogen and oxygen atoms in total. The van der Waals surface area contributed by atoms with Gasteiger partial charge in [0.15, 0.2) is 11.5 Å². The fourth-order valence-electron chi connectivity index (χ4n) is 3.56. The summed E-state index contributed by atoms with van der Waals surface area (Å²) in [5.41, 5.74) is 3.11. The normalized spacial score (nSPS) is 15.8. The molecule has 31 heavy (non-hydrogen) atoms. The number of carboxylic acids is 1. The summed E-state index contributed by atoms with van der Waals surface area (Å²) in [6, 6.07) is 6.77. The lowest BCUT2D eigenvalue weighted by molar-refractivity contribution is -0.192. The van der Waals surface area contributed by atoms with Crippen LogP contribution in [0.5, 0.6) is 0 Å². The van der Waals surface area contributed by atoms with Gasteiger partial charge in [-0.1, -0.05) is 0 Å². The van der Waals surface area contributed by atoms with Crippen molar-refractivity contribution in [2.24, 2.45) is 7.05 Å². The molecular formula is C20H25F3N6O2. The number of pyridine rings is 1. The lowest BCUT2D eigenvalue weighted by Gasteiger charge is -2.33. The van der Waals surface area contributed by atoms with Crippen LogP contribution in [0.25, 0.3) is 16.9 Å². The maximum atomic E-state index is 10.6. The van der Waals surface area contributed by atoms with Crippen molar-refractivity contribution in [1.82, 2.24) is 29.3 Å². The lowest BCUT2D eigenvalue weighted by Crippen LogP contribution is -2.38. The molecule has 1 saturated heterocycles. The molecule has 0 unspecified atom stereocenters. The Morgan fingerprint density at radius 2 is 1.84 bits per heavy atom. The smallest absolute Gasteiger partial charge is 0.475 e. The van der Waals surface area contributed by atoms with Gasteiger partial charge in [0.05, 0.1) is 5.69 Å².